The Balaban J connectivity index is 1.82. The molecule has 0 bridgehead atoms. The topological polar surface area (TPSA) is 72.8 Å². The van der Waals surface area contributed by atoms with Crippen molar-refractivity contribution in [3.05, 3.63) is 72.4 Å². The minimum Gasteiger partial charge on any atom is -0.485 e. The van der Waals surface area contributed by atoms with E-state index >= 15 is 0 Å². The highest BCUT2D eigenvalue weighted by molar-refractivity contribution is 5.68. The van der Waals surface area contributed by atoms with Gasteiger partial charge in [-0.25, -0.2) is 0 Å². The Morgan fingerprint density at radius 2 is 1.77 bits per heavy atom. The van der Waals surface area contributed by atoms with Gasteiger partial charge in [-0.3, -0.25) is 4.98 Å². The lowest BCUT2D eigenvalue weighted by molar-refractivity contribution is -0.274. The molecular weight excluding hydrogens is 413 g/mol. The Kier molecular flexibility index (Phi) is 7.32. The van der Waals surface area contributed by atoms with Gasteiger partial charge in [0, 0.05) is 12.2 Å². The first-order valence-electron chi connectivity index (χ1n) is 9.43. The van der Waals surface area contributed by atoms with Gasteiger partial charge in [-0.1, -0.05) is 30.3 Å². The van der Waals surface area contributed by atoms with Gasteiger partial charge in [-0.15, -0.1) is 13.2 Å². The molecule has 0 aliphatic carbocycles. The van der Waals surface area contributed by atoms with Crippen molar-refractivity contribution in [1.82, 2.24) is 4.98 Å². The Bertz CT molecular complexity index is 967. The van der Waals surface area contributed by atoms with Crippen molar-refractivity contribution in [2.75, 3.05) is 11.9 Å². The molecule has 9 heteroatoms. The average Bonchev–Trinajstić information content (AvgIpc) is 2.73. The molecule has 0 fully saturated rings. The second kappa shape index (κ2) is 10.1. The Labute approximate surface area is 177 Å². The Hall–Kier alpha value is -3.30. The molecule has 164 valence electrons. The fraction of sp³-hybridized carbons (Fsp3) is 0.227. The van der Waals surface area contributed by atoms with E-state index in [4.69, 9.17) is 9.47 Å². The molecule has 0 aliphatic rings. The summed E-state index contributed by atoms with van der Waals surface area (Å²) >= 11 is 0. The van der Waals surface area contributed by atoms with E-state index in [1.165, 1.54) is 30.5 Å². The number of rotatable bonds is 9. The third kappa shape index (κ3) is 6.87. The molecule has 0 radical (unpaired) electrons. The predicted octanol–water partition coefficient (Wildman–Crippen LogP) is 4.95. The maximum atomic E-state index is 12.3. The van der Waals surface area contributed by atoms with E-state index in [-0.39, 0.29) is 19.0 Å². The van der Waals surface area contributed by atoms with Crippen molar-refractivity contribution >= 4 is 5.69 Å². The van der Waals surface area contributed by atoms with Crippen LogP contribution in [0.15, 0.2) is 66.9 Å². The van der Waals surface area contributed by atoms with Gasteiger partial charge in [0.1, 0.15) is 12.4 Å². The van der Waals surface area contributed by atoms with Gasteiger partial charge in [0.05, 0.1) is 17.6 Å². The van der Waals surface area contributed by atoms with Crippen LogP contribution in [-0.4, -0.2) is 29.5 Å². The molecule has 1 atom stereocenters. The van der Waals surface area contributed by atoms with Crippen LogP contribution in [-0.2, 0) is 11.3 Å². The number of pyridine rings is 1. The monoisotopic (exact) mass is 434 g/mol. The van der Waals surface area contributed by atoms with E-state index in [1.54, 1.807) is 13.0 Å². The summed E-state index contributed by atoms with van der Waals surface area (Å²) in [5.74, 6) is 0.0487. The summed E-state index contributed by atoms with van der Waals surface area (Å²) in [6, 6.07) is 16.4. The first-order valence-corrected chi connectivity index (χ1v) is 9.43. The first kappa shape index (κ1) is 22.4. The first-order chi connectivity index (χ1) is 14.8. The summed E-state index contributed by atoms with van der Waals surface area (Å²) in [4.78, 5) is 4.33. The number of alkyl halides is 3. The number of aliphatic hydroxyl groups is 1. The van der Waals surface area contributed by atoms with E-state index in [2.05, 4.69) is 15.0 Å². The second-order valence-corrected chi connectivity index (χ2v) is 6.36. The van der Waals surface area contributed by atoms with Gasteiger partial charge in [0.15, 0.2) is 5.75 Å². The van der Waals surface area contributed by atoms with Crippen molar-refractivity contribution in [3.8, 4) is 22.8 Å². The average molecular weight is 434 g/mol. The minimum absolute atomic E-state index is 0.282. The number of nitrogens with zero attached hydrogens (tertiary/aromatic N) is 1. The number of aliphatic hydroxyl groups excluding tert-OH is 1. The summed E-state index contributed by atoms with van der Waals surface area (Å²) in [7, 11) is 0. The minimum atomic E-state index is -4.76. The molecule has 2 N–H and O–H groups in total. The fourth-order valence-electron chi connectivity index (χ4n) is 2.72. The van der Waals surface area contributed by atoms with Crippen LogP contribution >= 0.6 is 0 Å². The number of ether oxygens (including phenoxy) is 3. The number of anilines is 1. The van der Waals surface area contributed by atoms with Crippen LogP contribution in [0.2, 0.25) is 0 Å². The molecule has 2 aromatic carbocycles. The number of aromatic nitrogens is 1. The molecule has 31 heavy (non-hydrogen) atoms. The van der Waals surface area contributed by atoms with Crippen LogP contribution < -0.4 is 14.8 Å². The van der Waals surface area contributed by atoms with Gasteiger partial charge < -0.3 is 24.6 Å². The lowest BCUT2D eigenvalue weighted by Gasteiger charge is -2.18. The normalized spacial score (nSPS) is 12.3. The van der Waals surface area contributed by atoms with Gasteiger partial charge in [-0.05, 0) is 42.8 Å². The molecule has 3 aromatic rings. The van der Waals surface area contributed by atoms with Crippen molar-refractivity contribution in [1.29, 1.82) is 0 Å². The number of hydrogen-bond donors (Lipinski definition) is 2. The molecular formula is C22H21F3N2O4. The third-order valence-corrected chi connectivity index (χ3v) is 4.09. The van der Waals surface area contributed by atoms with E-state index < -0.39 is 12.8 Å². The lowest BCUT2D eigenvalue weighted by Crippen LogP contribution is -2.22. The fourth-order valence-corrected chi connectivity index (χ4v) is 2.72. The van der Waals surface area contributed by atoms with E-state index in [1.807, 2.05) is 30.3 Å². The predicted molar refractivity (Wildman–Crippen MR) is 108 cm³/mol. The van der Waals surface area contributed by atoms with Gasteiger partial charge >= 0.3 is 6.36 Å². The SMILES string of the molecule is CCOC(O)Nc1cc(-c2ccc(OC(F)(F)F)cc2)ncc1OCc1ccccc1. The highest BCUT2D eigenvalue weighted by Crippen LogP contribution is 2.31. The summed E-state index contributed by atoms with van der Waals surface area (Å²) in [5, 5.41) is 12.8. The van der Waals surface area contributed by atoms with Gasteiger partial charge in [0.25, 0.3) is 0 Å². The third-order valence-electron chi connectivity index (χ3n) is 4.09. The van der Waals surface area contributed by atoms with Crippen LogP contribution in [0.1, 0.15) is 12.5 Å². The highest BCUT2D eigenvalue weighted by Gasteiger charge is 2.31. The number of benzene rings is 2. The smallest absolute Gasteiger partial charge is 0.485 e. The number of nitrogens with one attached hydrogen (secondary N) is 1. The number of hydrogen-bond acceptors (Lipinski definition) is 6. The molecule has 6 nitrogen and oxygen atoms in total. The zero-order valence-corrected chi connectivity index (χ0v) is 16.6. The molecule has 3 rings (SSSR count). The Morgan fingerprint density at radius 1 is 1.06 bits per heavy atom. The van der Waals surface area contributed by atoms with E-state index in [9.17, 15) is 18.3 Å². The maximum absolute atomic E-state index is 12.3. The summed E-state index contributed by atoms with van der Waals surface area (Å²) in [6.45, 7) is 2.30. The zero-order chi connectivity index (χ0) is 22.3. The summed E-state index contributed by atoms with van der Waals surface area (Å²) in [5.41, 5.74) is 2.37. The van der Waals surface area contributed by atoms with Crippen molar-refractivity contribution < 1.29 is 32.5 Å². The van der Waals surface area contributed by atoms with Crippen LogP contribution in [0, 0.1) is 0 Å². The van der Waals surface area contributed by atoms with Gasteiger partial charge in [-0.2, -0.15) is 0 Å². The summed E-state index contributed by atoms with van der Waals surface area (Å²) in [6.07, 6.45) is -4.56. The second-order valence-electron chi connectivity index (χ2n) is 6.36. The standard InChI is InChI=1S/C22H21F3N2O4/c1-2-29-21(28)27-19-12-18(16-8-10-17(11-9-16)31-22(23,24)25)26-13-20(19)30-14-15-6-4-3-5-7-15/h3-13,21,28H,2,14H2,1H3,(H,26,27). The van der Waals surface area contributed by atoms with Crippen LogP contribution in [0.4, 0.5) is 18.9 Å². The quantitative estimate of drug-likeness (QED) is 0.465. The summed E-state index contributed by atoms with van der Waals surface area (Å²) < 4.78 is 51.9. The molecule has 0 amide bonds. The highest BCUT2D eigenvalue weighted by atomic mass is 19.4. The maximum Gasteiger partial charge on any atom is 0.573 e. The van der Waals surface area contributed by atoms with Crippen molar-refractivity contribution in [2.24, 2.45) is 0 Å². The molecule has 1 unspecified atom stereocenters. The molecule has 0 spiro atoms. The molecule has 0 saturated carbocycles. The van der Waals surface area contributed by atoms with E-state index in [0.717, 1.165) is 5.56 Å². The lowest BCUT2D eigenvalue weighted by atomic mass is 10.1. The van der Waals surface area contributed by atoms with Crippen molar-refractivity contribution in [2.45, 2.75) is 26.3 Å². The van der Waals surface area contributed by atoms with Crippen LogP contribution in [0.3, 0.4) is 0 Å². The largest absolute Gasteiger partial charge is 0.573 e. The molecule has 1 heterocycles. The molecule has 0 saturated heterocycles. The molecule has 1 aromatic heterocycles. The van der Waals surface area contributed by atoms with Crippen LogP contribution in [0.5, 0.6) is 11.5 Å². The molecule has 0 aliphatic heterocycles. The number of halogens is 3. The van der Waals surface area contributed by atoms with Gasteiger partial charge in [0.2, 0.25) is 6.41 Å². The van der Waals surface area contributed by atoms with E-state index in [0.29, 0.717) is 22.7 Å². The Morgan fingerprint density at radius 3 is 2.42 bits per heavy atom. The van der Waals surface area contributed by atoms with Crippen LogP contribution in [0.25, 0.3) is 11.3 Å². The van der Waals surface area contributed by atoms with Crippen molar-refractivity contribution in [3.63, 3.8) is 0 Å². The zero-order valence-electron chi connectivity index (χ0n) is 16.6.